The van der Waals surface area contributed by atoms with Crippen molar-refractivity contribution in [3.8, 4) is 0 Å². The number of allylic oxidation sites excluding steroid dienone is 1. The van der Waals surface area contributed by atoms with Gasteiger partial charge in [-0.05, 0) is 43.4 Å². The highest BCUT2D eigenvalue weighted by atomic mass is 15.2. The van der Waals surface area contributed by atoms with Crippen molar-refractivity contribution in [1.82, 2.24) is 9.97 Å². The number of anilines is 2. The maximum Gasteiger partial charge on any atom is 0.140 e. The molecule has 2 aromatic carbocycles. The molecular weight excluding hydrogens is 368 g/mol. The fraction of sp³-hybridized carbons (Fsp3) is 0.231. The number of nitrogen functional groups attached to an aromatic ring is 1. The molecule has 0 aliphatic rings. The van der Waals surface area contributed by atoms with E-state index >= 15 is 0 Å². The molecule has 30 heavy (non-hydrogen) atoms. The Morgan fingerprint density at radius 2 is 1.57 bits per heavy atom. The van der Waals surface area contributed by atoms with Crippen molar-refractivity contribution in [3.63, 3.8) is 0 Å². The summed E-state index contributed by atoms with van der Waals surface area (Å²) in [5.74, 6) is 1.39. The van der Waals surface area contributed by atoms with Crippen LogP contribution >= 0.6 is 0 Å². The van der Waals surface area contributed by atoms with E-state index in [0.29, 0.717) is 5.82 Å². The fourth-order valence-corrected chi connectivity index (χ4v) is 3.32. The summed E-state index contributed by atoms with van der Waals surface area (Å²) in [6, 6.07) is 21.1. The summed E-state index contributed by atoms with van der Waals surface area (Å²) in [6.07, 6.45) is 7.89. The third-order valence-corrected chi connectivity index (χ3v) is 5.19. The van der Waals surface area contributed by atoms with Gasteiger partial charge in [-0.2, -0.15) is 0 Å². The first kappa shape index (κ1) is 21.3. The van der Waals surface area contributed by atoms with Crippen molar-refractivity contribution in [2.45, 2.75) is 33.6 Å². The van der Waals surface area contributed by atoms with Gasteiger partial charge < -0.3 is 10.6 Å². The average Bonchev–Trinajstić information content (AvgIpc) is 2.79. The molecule has 1 heterocycles. The molecule has 4 nitrogen and oxygen atoms in total. The van der Waals surface area contributed by atoms with Gasteiger partial charge in [-0.15, -0.1) is 0 Å². The van der Waals surface area contributed by atoms with Gasteiger partial charge in [0.2, 0.25) is 0 Å². The third kappa shape index (κ3) is 5.35. The van der Waals surface area contributed by atoms with Gasteiger partial charge in [-0.1, -0.05) is 79.2 Å². The number of hydrogen-bond donors (Lipinski definition) is 1. The molecule has 0 aliphatic heterocycles. The first-order chi connectivity index (χ1) is 14.6. The Hall–Kier alpha value is -3.40. The largest absolute Gasteiger partial charge is 0.383 e. The van der Waals surface area contributed by atoms with Crippen LogP contribution in [0.2, 0.25) is 0 Å². The van der Waals surface area contributed by atoms with Gasteiger partial charge in [0, 0.05) is 18.3 Å². The van der Waals surface area contributed by atoms with Crippen molar-refractivity contribution in [2.24, 2.45) is 0 Å². The lowest BCUT2D eigenvalue weighted by Gasteiger charge is -2.22. The Bertz CT molecular complexity index is 966. The standard InChI is InChI=1S/C26H30N4/c1-4-20(2)18-30(26-21(3)25(27)28-19-29-26)17-11-16-24(22-12-7-5-8-13-22)23-14-9-6-10-15-23/h5-10,12-16,18-19H,4,11,17H2,1-3H3,(H2,27,28,29). The minimum atomic E-state index is 0.525. The Morgan fingerprint density at radius 1 is 0.967 bits per heavy atom. The highest BCUT2D eigenvalue weighted by Crippen LogP contribution is 2.25. The van der Waals surface area contributed by atoms with E-state index < -0.39 is 0 Å². The summed E-state index contributed by atoms with van der Waals surface area (Å²) in [4.78, 5) is 10.8. The minimum absolute atomic E-state index is 0.525. The first-order valence-electron chi connectivity index (χ1n) is 10.4. The molecule has 0 radical (unpaired) electrons. The molecule has 3 rings (SSSR count). The van der Waals surface area contributed by atoms with E-state index in [4.69, 9.17) is 5.73 Å². The van der Waals surface area contributed by atoms with Crippen LogP contribution in [0, 0.1) is 6.92 Å². The fourth-order valence-electron chi connectivity index (χ4n) is 3.32. The molecule has 1 aromatic heterocycles. The topological polar surface area (TPSA) is 55.0 Å². The lowest BCUT2D eigenvalue weighted by Crippen LogP contribution is -2.21. The summed E-state index contributed by atoms with van der Waals surface area (Å²) in [5, 5.41) is 0. The Balaban J connectivity index is 1.91. The molecule has 0 amide bonds. The summed E-state index contributed by atoms with van der Waals surface area (Å²) < 4.78 is 0. The van der Waals surface area contributed by atoms with Gasteiger partial charge >= 0.3 is 0 Å². The monoisotopic (exact) mass is 398 g/mol. The molecule has 0 saturated carbocycles. The van der Waals surface area contributed by atoms with Crippen molar-refractivity contribution >= 4 is 17.2 Å². The van der Waals surface area contributed by atoms with Crippen LogP contribution in [0.15, 0.2) is 84.8 Å². The molecule has 0 unspecified atom stereocenters. The number of nitrogens with two attached hydrogens (primary N) is 1. The molecule has 0 fully saturated rings. The summed E-state index contributed by atoms with van der Waals surface area (Å²) >= 11 is 0. The van der Waals surface area contributed by atoms with E-state index in [1.807, 2.05) is 6.92 Å². The van der Waals surface area contributed by atoms with Crippen LogP contribution in [0.4, 0.5) is 11.6 Å². The second-order valence-corrected chi connectivity index (χ2v) is 7.37. The third-order valence-electron chi connectivity index (χ3n) is 5.19. The van der Waals surface area contributed by atoms with Gasteiger partial charge in [-0.3, -0.25) is 0 Å². The number of rotatable bonds is 8. The van der Waals surface area contributed by atoms with Crippen molar-refractivity contribution in [3.05, 3.63) is 102 Å². The molecule has 4 heteroatoms. The molecule has 0 spiro atoms. The zero-order valence-electron chi connectivity index (χ0n) is 18.0. The van der Waals surface area contributed by atoms with Gasteiger partial charge in [0.25, 0.3) is 0 Å². The second kappa shape index (κ2) is 10.4. The van der Waals surface area contributed by atoms with E-state index in [9.17, 15) is 0 Å². The zero-order valence-corrected chi connectivity index (χ0v) is 18.0. The van der Waals surface area contributed by atoms with E-state index in [0.717, 1.165) is 30.8 Å². The molecular formula is C26H30N4. The van der Waals surface area contributed by atoms with Crippen LogP contribution in [-0.4, -0.2) is 16.5 Å². The molecule has 2 N–H and O–H groups in total. The highest BCUT2D eigenvalue weighted by molar-refractivity contribution is 5.79. The highest BCUT2D eigenvalue weighted by Gasteiger charge is 2.12. The van der Waals surface area contributed by atoms with Gasteiger partial charge in [0.05, 0.1) is 0 Å². The second-order valence-electron chi connectivity index (χ2n) is 7.37. The van der Waals surface area contributed by atoms with E-state index in [1.165, 1.54) is 28.6 Å². The molecule has 0 saturated heterocycles. The SMILES string of the molecule is CCC(C)=CN(CCC=C(c1ccccc1)c1ccccc1)c1ncnc(N)c1C. The average molecular weight is 399 g/mol. The summed E-state index contributed by atoms with van der Waals surface area (Å²) in [7, 11) is 0. The quantitative estimate of drug-likeness (QED) is 0.505. The predicted octanol–water partition coefficient (Wildman–Crippen LogP) is 6.01. The van der Waals surface area contributed by atoms with Gasteiger partial charge in [-0.25, -0.2) is 9.97 Å². The molecule has 154 valence electrons. The molecule has 3 aromatic rings. The number of aromatic nitrogens is 2. The van der Waals surface area contributed by atoms with Crippen LogP contribution < -0.4 is 10.6 Å². The van der Waals surface area contributed by atoms with Crippen molar-refractivity contribution in [2.75, 3.05) is 17.2 Å². The molecule has 0 atom stereocenters. The normalized spacial score (nSPS) is 11.2. The lowest BCUT2D eigenvalue weighted by atomic mass is 9.97. The van der Waals surface area contributed by atoms with Crippen molar-refractivity contribution < 1.29 is 0 Å². The number of nitrogens with zero attached hydrogens (tertiary/aromatic N) is 3. The Kier molecular flexibility index (Phi) is 7.39. The van der Waals surface area contributed by atoms with Crippen LogP contribution in [-0.2, 0) is 0 Å². The van der Waals surface area contributed by atoms with Gasteiger partial charge in [0.15, 0.2) is 0 Å². The van der Waals surface area contributed by atoms with E-state index in [1.54, 1.807) is 0 Å². The summed E-state index contributed by atoms with van der Waals surface area (Å²) in [6.45, 7) is 7.08. The van der Waals surface area contributed by atoms with Crippen LogP contribution in [0.3, 0.4) is 0 Å². The van der Waals surface area contributed by atoms with Gasteiger partial charge in [0.1, 0.15) is 18.0 Å². The maximum atomic E-state index is 6.04. The minimum Gasteiger partial charge on any atom is -0.383 e. The van der Waals surface area contributed by atoms with Crippen molar-refractivity contribution in [1.29, 1.82) is 0 Å². The Morgan fingerprint density at radius 3 is 2.13 bits per heavy atom. The van der Waals surface area contributed by atoms with E-state index in [2.05, 4.69) is 102 Å². The molecule has 0 aliphatic carbocycles. The number of hydrogen-bond acceptors (Lipinski definition) is 4. The first-order valence-corrected chi connectivity index (χ1v) is 10.4. The van der Waals surface area contributed by atoms with Crippen LogP contribution in [0.25, 0.3) is 5.57 Å². The zero-order chi connectivity index (χ0) is 21.3. The molecule has 0 bridgehead atoms. The smallest absolute Gasteiger partial charge is 0.140 e. The summed E-state index contributed by atoms with van der Waals surface area (Å²) in [5.41, 5.74) is 11.9. The van der Waals surface area contributed by atoms with E-state index in [-0.39, 0.29) is 0 Å². The predicted molar refractivity (Wildman–Crippen MR) is 127 cm³/mol. The van der Waals surface area contributed by atoms with Crippen LogP contribution in [0.5, 0.6) is 0 Å². The van der Waals surface area contributed by atoms with Crippen LogP contribution in [0.1, 0.15) is 43.4 Å². The Labute approximate surface area is 179 Å². The number of benzene rings is 2. The maximum absolute atomic E-state index is 6.04. The lowest BCUT2D eigenvalue weighted by molar-refractivity contribution is 0.887.